The Morgan fingerprint density at radius 2 is 2.39 bits per heavy atom. The summed E-state index contributed by atoms with van der Waals surface area (Å²) in [5, 5.41) is 3.41. The minimum Gasteiger partial charge on any atom is -0.447 e. The van der Waals surface area contributed by atoms with Crippen LogP contribution in [0.5, 0.6) is 0 Å². The van der Waals surface area contributed by atoms with E-state index in [1.54, 1.807) is 13.3 Å². The van der Waals surface area contributed by atoms with E-state index in [-0.39, 0.29) is 12.5 Å². The molecule has 2 rings (SSSR count). The van der Waals surface area contributed by atoms with E-state index in [1.807, 2.05) is 4.90 Å². The highest BCUT2D eigenvalue weighted by molar-refractivity contribution is 5.77. The number of likely N-dealkylation sites (tertiary alicyclic amines) is 1. The first-order valence-electron chi connectivity index (χ1n) is 6.17. The molecule has 1 aromatic heterocycles. The molecule has 0 aliphatic carbocycles. The van der Waals surface area contributed by atoms with Gasteiger partial charge in [0.05, 0.1) is 12.7 Å². The lowest BCUT2D eigenvalue weighted by Gasteiger charge is -2.32. The second-order valence-corrected chi connectivity index (χ2v) is 4.44. The van der Waals surface area contributed by atoms with Gasteiger partial charge in [-0.1, -0.05) is 0 Å². The van der Waals surface area contributed by atoms with Crippen LogP contribution in [0.25, 0.3) is 0 Å². The van der Waals surface area contributed by atoms with Gasteiger partial charge in [-0.15, -0.1) is 0 Å². The van der Waals surface area contributed by atoms with Gasteiger partial charge in [-0.3, -0.25) is 4.79 Å². The summed E-state index contributed by atoms with van der Waals surface area (Å²) in [5.41, 5.74) is 0. The molecule has 1 saturated heterocycles. The lowest BCUT2D eigenvalue weighted by molar-refractivity contribution is -0.136. The fourth-order valence-electron chi connectivity index (χ4n) is 2.12. The van der Waals surface area contributed by atoms with Crippen LogP contribution >= 0.6 is 0 Å². The first-order chi connectivity index (χ1) is 8.79. The number of carbonyl (C=O) groups excluding carboxylic acids is 1. The van der Waals surface area contributed by atoms with Gasteiger partial charge in [-0.2, -0.15) is 0 Å². The number of hydrogen-bond donors (Lipinski definition) is 1. The van der Waals surface area contributed by atoms with Crippen molar-refractivity contribution in [2.45, 2.75) is 25.4 Å². The van der Waals surface area contributed by atoms with Crippen molar-refractivity contribution in [2.24, 2.45) is 0 Å². The number of piperidine rings is 1. The molecule has 6 heteroatoms. The predicted molar refractivity (Wildman–Crippen MR) is 64.8 cm³/mol. The molecule has 0 saturated carbocycles. The molecule has 100 valence electrons. The number of rotatable bonds is 5. The number of hydrogen-bond acceptors (Lipinski definition) is 5. The van der Waals surface area contributed by atoms with Crippen molar-refractivity contribution in [2.75, 3.05) is 26.8 Å². The second kappa shape index (κ2) is 6.51. The van der Waals surface area contributed by atoms with E-state index >= 15 is 0 Å². The molecule has 6 nitrogen and oxygen atoms in total. The van der Waals surface area contributed by atoms with Crippen LogP contribution in [0.15, 0.2) is 17.0 Å². The third kappa shape index (κ3) is 3.54. The average Bonchev–Trinajstić information content (AvgIpc) is 2.90. The topological polar surface area (TPSA) is 67.6 Å². The first-order valence-corrected chi connectivity index (χ1v) is 6.17. The number of oxazole rings is 1. The zero-order valence-corrected chi connectivity index (χ0v) is 10.6. The lowest BCUT2D eigenvalue weighted by Crippen LogP contribution is -2.45. The van der Waals surface area contributed by atoms with Gasteiger partial charge in [0.2, 0.25) is 5.91 Å². The maximum absolute atomic E-state index is 11.6. The summed E-state index contributed by atoms with van der Waals surface area (Å²) < 4.78 is 10.0. The van der Waals surface area contributed by atoms with Gasteiger partial charge in [0.15, 0.2) is 6.39 Å². The van der Waals surface area contributed by atoms with Crippen molar-refractivity contribution < 1.29 is 13.9 Å². The number of nitrogens with one attached hydrogen (secondary N) is 1. The van der Waals surface area contributed by atoms with Crippen LogP contribution in [0.3, 0.4) is 0 Å². The SMILES string of the molecule is COCC(=O)N1CCC(NCc2cnco2)CC1. The van der Waals surface area contributed by atoms with E-state index in [9.17, 15) is 4.79 Å². The number of aromatic nitrogens is 1. The van der Waals surface area contributed by atoms with E-state index in [2.05, 4.69) is 10.3 Å². The Balaban J connectivity index is 1.68. The smallest absolute Gasteiger partial charge is 0.248 e. The molecule has 2 heterocycles. The van der Waals surface area contributed by atoms with Crippen molar-refractivity contribution in [1.82, 2.24) is 15.2 Å². The number of methoxy groups -OCH3 is 1. The van der Waals surface area contributed by atoms with Crippen LogP contribution in [-0.4, -0.2) is 48.6 Å². The Morgan fingerprint density at radius 1 is 1.61 bits per heavy atom. The van der Waals surface area contributed by atoms with Gasteiger partial charge in [-0.25, -0.2) is 4.98 Å². The highest BCUT2D eigenvalue weighted by atomic mass is 16.5. The third-order valence-electron chi connectivity index (χ3n) is 3.16. The summed E-state index contributed by atoms with van der Waals surface area (Å²) in [6, 6.07) is 0.432. The molecule has 1 fully saturated rings. The largest absolute Gasteiger partial charge is 0.447 e. The summed E-state index contributed by atoms with van der Waals surface area (Å²) in [5.74, 6) is 0.916. The molecule has 0 unspecified atom stereocenters. The molecule has 0 radical (unpaired) electrons. The fourth-order valence-corrected chi connectivity index (χ4v) is 2.12. The Hall–Kier alpha value is -1.40. The minimum absolute atomic E-state index is 0.0752. The van der Waals surface area contributed by atoms with Crippen molar-refractivity contribution in [3.63, 3.8) is 0 Å². The monoisotopic (exact) mass is 253 g/mol. The van der Waals surface area contributed by atoms with Gasteiger partial charge in [0.1, 0.15) is 12.4 Å². The van der Waals surface area contributed by atoms with E-state index in [0.717, 1.165) is 31.7 Å². The summed E-state index contributed by atoms with van der Waals surface area (Å²) in [6.07, 6.45) is 5.07. The van der Waals surface area contributed by atoms with Crippen molar-refractivity contribution >= 4 is 5.91 Å². The minimum atomic E-state index is 0.0752. The fraction of sp³-hybridized carbons (Fsp3) is 0.667. The van der Waals surface area contributed by atoms with E-state index in [0.29, 0.717) is 12.6 Å². The van der Waals surface area contributed by atoms with Gasteiger partial charge in [-0.05, 0) is 12.8 Å². The molecule has 0 spiro atoms. The predicted octanol–water partition coefficient (Wildman–Crippen LogP) is 0.402. The van der Waals surface area contributed by atoms with Gasteiger partial charge in [0, 0.05) is 26.2 Å². The maximum Gasteiger partial charge on any atom is 0.248 e. The Kier molecular flexibility index (Phi) is 4.72. The summed E-state index contributed by atoms with van der Waals surface area (Å²) in [4.78, 5) is 17.3. The number of nitrogens with zero attached hydrogens (tertiary/aromatic N) is 2. The molecule has 1 aliphatic rings. The van der Waals surface area contributed by atoms with E-state index in [4.69, 9.17) is 9.15 Å². The van der Waals surface area contributed by atoms with E-state index < -0.39 is 0 Å². The summed E-state index contributed by atoms with van der Waals surface area (Å²) in [7, 11) is 1.55. The highest BCUT2D eigenvalue weighted by Gasteiger charge is 2.22. The number of amides is 1. The summed E-state index contributed by atoms with van der Waals surface area (Å²) >= 11 is 0. The van der Waals surface area contributed by atoms with Crippen LogP contribution in [-0.2, 0) is 16.1 Å². The Bertz CT molecular complexity index is 359. The normalized spacial score (nSPS) is 17.1. The van der Waals surface area contributed by atoms with Crippen LogP contribution < -0.4 is 5.32 Å². The molecule has 0 atom stereocenters. The lowest BCUT2D eigenvalue weighted by atomic mass is 10.1. The molecule has 1 aliphatic heterocycles. The van der Waals surface area contributed by atoms with E-state index in [1.165, 1.54) is 6.39 Å². The van der Waals surface area contributed by atoms with Crippen LogP contribution in [0.2, 0.25) is 0 Å². The molecule has 1 N–H and O–H groups in total. The molecule has 0 bridgehead atoms. The zero-order valence-electron chi connectivity index (χ0n) is 10.6. The standard InChI is InChI=1S/C12H19N3O3/c1-17-8-12(16)15-4-2-10(3-5-15)14-7-11-6-13-9-18-11/h6,9-10,14H,2-5,7-8H2,1H3. The molecular weight excluding hydrogens is 234 g/mol. The van der Waals surface area contributed by atoms with Crippen LogP contribution in [0, 0.1) is 0 Å². The molecule has 1 aromatic rings. The van der Waals surface area contributed by atoms with Crippen molar-refractivity contribution in [3.8, 4) is 0 Å². The molecule has 1 amide bonds. The molecule has 0 aromatic carbocycles. The third-order valence-corrected chi connectivity index (χ3v) is 3.16. The van der Waals surface area contributed by atoms with Crippen molar-refractivity contribution in [3.05, 3.63) is 18.4 Å². The second-order valence-electron chi connectivity index (χ2n) is 4.44. The quantitative estimate of drug-likeness (QED) is 0.822. The molecule has 18 heavy (non-hydrogen) atoms. The first kappa shape index (κ1) is 13.0. The van der Waals surface area contributed by atoms with Gasteiger partial charge >= 0.3 is 0 Å². The maximum atomic E-state index is 11.6. The van der Waals surface area contributed by atoms with Crippen LogP contribution in [0.4, 0.5) is 0 Å². The zero-order chi connectivity index (χ0) is 12.8. The average molecular weight is 253 g/mol. The number of carbonyl (C=O) groups is 1. The highest BCUT2D eigenvalue weighted by Crippen LogP contribution is 2.11. The van der Waals surface area contributed by atoms with Gasteiger partial charge in [0.25, 0.3) is 0 Å². The molecular formula is C12H19N3O3. The Labute approximate surface area is 106 Å². The van der Waals surface area contributed by atoms with Crippen molar-refractivity contribution in [1.29, 1.82) is 0 Å². The Morgan fingerprint density at radius 3 is 3.00 bits per heavy atom. The van der Waals surface area contributed by atoms with Crippen LogP contribution in [0.1, 0.15) is 18.6 Å². The van der Waals surface area contributed by atoms with Gasteiger partial charge < -0.3 is 19.4 Å². The number of ether oxygens (including phenoxy) is 1. The summed E-state index contributed by atoms with van der Waals surface area (Å²) in [6.45, 7) is 2.44.